The minimum atomic E-state index is -3.14. The summed E-state index contributed by atoms with van der Waals surface area (Å²) in [4.78, 5) is 88.2. The first kappa shape index (κ1) is 35.1. The van der Waals surface area contributed by atoms with Gasteiger partial charge in [-0.2, -0.15) is 0 Å². The minimum Gasteiger partial charge on any atom is -0.478 e. The number of carboxylic acid groups (broad SMARTS) is 2. The van der Waals surface area contributed by atoms with Crippen LogP contribution in [0.2, 0.25) is 0 Å². The first-order valence-corrected chi connectivity index (χ1v) is 12.5. The lowest BCUT2D eigenvalue weighted by molar-refractivity contribution is -0.195. The van der Waals surface area contributed by atoms with Crippen molar-refractivity contribution in [2.45, 2.75) is 5.60 Å². The lowest BCUT2D eigenvalue weighted by Crippen LogP contribution is -2.66. The predicted molar refractivity (Wildman–Crippen MR) is 155 cm³/mol. The third-order valence-corrected chi connectivity index (χ3v) is 6.37. The molecule has 45 heavy (non-hydrogen) atoms. The van der Waals surface area contributed by atoms with Crippen LogP contribution < -0.4 is 11.5 Å². The van der Waals surface area contributed by atoms with Crippen LogP contribution in [0.3, 0.4) is 0 Å². The van der Waals surface area contributed by atoms with E-state index in [2.05, 4.69) is 19.7 Å². The Morgan fingerprint density at radius 3 is 1.36 bits per heavy atom. The van der Waals surface area contributed by atoms with Crippen molar-refractivity contribution in [3.8, 4) is 0 Å². The zero-order valence-electron chi connectivity index (χ0n) is 23.5. The maximum absolute atomic E-state index is 13.4. The van der Waals surface area contributed by atoms with Crippen molar-refractivity contribution in [3.63, 3.8) is 0 Å². The molecule has 0 spiro atoms. The molecule has 0 aromatic heterocycles. The molecule has 0 atom stereocenters. The Hall–Kier alpha value is -6.09. The summed E-state index contributed by atoms with van der Waals surface area (Å²) in [5.41, 5.74) is 3.68. The van der Waals surface area contributed by atoms with Crippen molar-refractivity contribution >= 4 is 52.8 Å². The molecule has 2 aromatic carbocycles. The molecule has 0 radical (unpaired) electrons. The second-order valence-corrected chi connectivity index (χ2v) is 9.33. The second-order valence-electron chi connectivity index (χ2n) is 9.33. The van der Waals surface area contributed by atoms with Crippen LogP contribution in [0, 0.1) is 5.41 Å². The molecule has 15 heteroatoms. The first-order valence-electron chi connectivity index (χ1n) is 12.5. The largest absolute Gasteiger partial charge is 0.478 e. The van der Waals surface area contributed by atoms with Gasteiger partial charge in [0.25, 0.3) is 0 Å². The summed E-state index contributed by atoms with van der Waals surface area (Å²) in [5.74, 6) is -9.54. The highest BCUT2D eigenvalue weighted by molar-refractivity contribution is 6.20. The monoisotopic (exact) mass is 624 g/mol. The third kappa shape index (κ3) is 7.47. The quantitative estimate of drug-likeness (QED) is 0.0578. The molecule has 2 rings (SSSR count). The van der Waals surface area contributed by atoms with Crippen LogP contribution in [-0.2, 0) is 28.6 Å². The SMILES string of the molecule is C=CC(=O)OC(C(=O)C=C)(C(=O)C=C)C(CO)(COC(=O)c1cc(N)cc(C(=O)O)c1)COC(=O)c1cc(N)cc(C(=O)O)c1. The number of benzene rings is 2. The number of ketones is 2. The van der Waals surface area contributed by atoms with Gasteiger partial charge in [0, 0.05) is 17.5 Å². The molecule has 0 heterocycles. The maximum atomic E-state index is 13.4. The molecule has 0 aliphatic carbocycles. The molecule has 0 saturated heterocycles. The summed E-state index contributed by atoms with van der Waals surface area (Å²) in [6.45, 7) is 6.04. The highest BCUT2D eigenvalue weighted by Crippen LogP contribution is 2.40. The fraction of sp³-hybridized carbons (Fsp3) is 0.167. The van der Waals surface area contributed by atoms with Gasteiger partial charge < -0.3 is 41.0 Å². The lowest BCUT2D eigenvalue weighted by atomic mass is 9.67. The fourth-order valence-corrected chi connectivity index (χ4v) is 4.14. The van der Waals surface area contributed by atoms with Gasteiger partial charge in [0.05, 0.1) is 28.9 Å². The molecule has 0 bridgehead atoms. The Labute approximate surface area is 255 Å². The zero-order valence-corrected chi connectivity index (χ0v) is 23.5. The number of carbonyl (C=O) groups is 7. The molecule has 0 unspecified atom stereocenters. The lowest BCUT2D eigenvalue weighted by Gasteiger charge is -2.44. The zero-order chi connectivity index (χ0) is 34.1. The van der Waals surface area contributed by atoms with Crippen LogP contribution in [0.25, 0.3) is 0 Å². The molecule has 0 fully saturated rings. The van der Waals surface area contributed by atoms with E-state index < -0.39 is 94.5 Å². The van der Waals surface area contributed by atoms with Crippen LogP contribution in [0.5, 0.6) is 0 Å². The van der Waals surface area contributed by atoms with Crippen molar-refractivity contribution < 1.29 is 63.1 Å². The normalized spacial score (nSPS) is 11.0. The Kier molecular flexibility index (Phi) is 11.2. The van der Waals surface area contributed by atoms with E-state index >= 15 is 0 Å². The fourth-order valence-electron chi connectivity index (χ4n) is 4.14. The summed E-state index contributed by atoms with van der Waals surface area (Å²) in [6.07, 6.45) is 1.68. The topological polar surface area (TPSA) is 260 Å². The molecule has 2 aromatic rings. The van der Waals surface area contributed by atoms with Crippen molar-refractivity contribution in [3.05, 3.63) is 96.6 Å². The summed E-state index contributed by atoms with van der Waals surface area (Å²) < 4.78 is 15.8. The van der Waals surface area contributed by atoms with E-state index in [0.29, 0.717) is 18.2 Å². The van der Waals surface area contributed by atoms with Crippen molar-refractivity contribution in [1.29, 1.82) is 0 Å². The Morgan fingerprint density at radius 2 is 1.04 bits per heavy atom. The highest BCUT2D eigenvalue weighted by atomic mass is 16.6. The average Bonchev–Trinajstić information content (AvgIpc) is 3.01. The van der Waals surface area contributed by atoms with E-state index in [1.807, 2.05) is 0 Å². The number of carbonyl (C=O) groups excluding carboxylic acids is 5. The summed E-state index contributed by atoms with van der Waals surface area (Å²) in [6, 6.07) is 5.99. The number of nitrogen functional groups attached to an aromatic ring is 2. The molecular weight excluding hydrogens is 596 g/mol. The van der Waals surface area contributed by atoms with E-state index in [0.717, 1.165) is 36.4 Å². The number of aliphatic hydroxyl groups is 1. The molecule has 0 amide bonds. The van der Waals surface area contributed by atoms with E-state index in [1.165, 1.54) is 0 Å². The van der Waals surface area contributed by atoms with Gasteiger partial charge in [0.15, 0.2) is 0 Å². The van der Waals surface area contributed by atoms with E-state index in [4.69, 9.17) is 25.7 Å². The molecule has 15 nitrogen and oxygen atoms in total. The van der Waals surface area contributed by atoms with Crippen molar-refractivity contribution in [1.82, 2.24) is 0 Å². The van der Waals surface area contributed by atoms with Crippen LogP contribution in [0.15, 0.2) is 74.4 Å². The van der Waals surface area contributed by atoms with Crippen LogP contribution in [-0.4, -0.2) is 82.2 Å². The second kappa shape index (κ2) is 14.4. The highest BCUT2D eigenvalue weighted by Gasteiger charge is 2.64. The van der Waals surface area contributed by atoms with Crippen molar-refractivity contribution in [2.75, 3.05) is 31.3 Å². The molecule has 0 aliphatic rings. The summed E-state index contributed by atoms with van der Waals surface area (Å²) >= 11 is 0. The van der Waals surface area contributed by atoms with E-state index in [9.17, 15) is 48.9 Å². The average molecular weight is 625 g/mol. The number of nitrogens with two attached hydrogens (primary N) is 2. The number of anilines is 2. The number of esters is 3. The number of rotatable bonds is 16. The maximum Gasteiger partial charge on any atom is 0.338 e. The van der Waals surface area contributed by atoms with Gasteiger partial charge in [-0.25, -0.2) is 24.0 Å². The third-order valence-electron chi connectivity index (χ3n) is 6.37. The van der Waals surface area contributed by atoms with Crippen LogP contribution in [0.1, 0.15) is 41.4 Å². The van der Waals surface area contributed by atoms with E-state index in [-0.39, 0.29) is 11.4 Å². The van der Waals surface area contributed by atoms with E-state index in [1.54, 1.807) is 0 Å². The van der Waals surface area contributed by atoms with Gasteiger partial charge in [-0.3, -0.25) is 9.59 Å². The molecule has 7 N–H and O–H groups in total. The van der Waals surface area contributed by atoms with Crippen molar-refractivity contribution in [2.24, 2.45) is 5.41 Å². The van der Waals surface area contributed by atoms with Gasteiger partial charge >= 0.3 is 29.8 Å². The minimum absolute atomic E-state index is 0.148. The predicted octanol–water partition coefficient (Wildman–Crippen LogP) is 1.22. The van der Waals surface area contributed by atoms with Gasteiger partial charge in [0.1, 0.15) is 18.6 Å². The number of carboxylic acids is 2. The molecule has 236 valence electrons. The Balaban J connectivity index is 2.73. The number of aromatic carboxylic acids is 2. The number of aliphatic hydroxyl groups excluding tert-OH is 1. The molecule has 0 saturated carbocycles. The Morgan fingerprint density at radius 1 is 0.667 bits per heavy atom. The standard InChI is InChI=1S/C30H28N2O13/c1-4-22(34)30(23(35)5-2,45-24(36)6-3)29(13-33,14-43-27(41)18-7-16(25(37)38)9-20(31)11-18)15-44-28(42)19-8-17(26(39)40)10-21(32)12-19/h4-12,33H,1-3,13-15,31-32H2,(H,37,38)(H,39,40). The molecular formula is C30H28N2O13. The number of hydrogen-bond acceptors (Lipinski definition) is 13. The van der Waals surface area contributed by atoms with Crippen LogP contribution >= 0.6 is 0 Å². The number of hydrogen-bond donors (Lipinski definition) is 5. The van der Waals surface area contributed by atoms with Gasteiger partial charge in [0.2, 0.25) is 17.2 Å². The van der Waals surface area contributed by atoms with Crippen LogP contribution in [0.4, 0.5) is 11.4 Å². The van der Waals surface area contributed by atoms with Gasteiger partial charge in [-0.15, -0.1) is 0 Å². The van der Waals surface area contributed by atoms with Gasteiger partial charge in [-0.05, 0) is 48.6 Å². The van der Waals surface area contributed by atoms with Gasteiger partial charge in [-0.1, -0.05) is 19.7 Å². The summed E-state index contributed by atoms with van der Waals surface area (Å²) in [5, 5.41) is 29.3. The number of ether oxygens (including phenoxy) is 3. The first-order chi connectivity index (χ1) is 21.1. The Bertz CT molecular complexity index is 1510. The smallest absolute Gasteiger partial charge is 0.338 e. The summed E-state index contributed by atoms with van der Waals surface area (Å²) in [7, 11) is 0. The molecule has 0 aliphatic heterocycles.